The normalized spacial score (nSPS) is 21.6. The Labute approximate surface area is 132 Å². The van der Waals surface area contributed by atoms with Crippen molar-refractivity contribution in [1.82, 2.24) is 9.62 Å². The summed E-state index contributed by atoms with van der Waals surface area (Å²) in [5, 5.41) is 4.92. The van der Waals surface area contributed by atoms with Crippen LogP contribution in [-0.2, 0) is 16.6 Å². The van der Waals surface area contributed by atoms with E-state index < -0.39 is 10.0 Å². The van der Waals surface area contributed by atoms with Gasteiger partial charge in [0.05, 0.1) is 4.90 Å². The van der Waals surface area contributed by atoms with Crippen LogP contribution >= 0.6 is 11.3 Å². The Morgan fingerprint density at radius 1 is 1.38 bits per heavy atom. The van der Waals surface area contributed by atoms with Crippen LogP contribution in [0.15, 0.2) is 16.3 Å². The third-order valence-electron chi connectivity index (χ3n) is 4.33. The van der Waals surface area contributed by atoms with E-state index in [-0.39, 0.29) is 0 Å². The van der Waals surface area contributed by atoms with Crippen LogP contribution < -0.4 is 5.32 Å². The highest BCUT2D eigenvalue weighted by Crippen LogP contribution is 2.30. The Hall–Kier alpha value is -0.430. The van der Waals surface area contributed by atoms with Gasteiger partial charge in [-0.3, -0.25) is 0 Å². The van der Waals surface area contributed by atoms with E-state index >= 15 is 0 Å². The Kier molecular flexibility index (Phi) is 5.82. The SMILES string of the molecule is CNCc1sccc1S(=O)(=O)N1CCCC(C(C)C)CC1. The molecule has 0 aromatic carbocycles. The van der Waals surface area contributed by atoms with Crippen molar-refractivity contribution in [3.63, 3.8) is 0 Å². The minimum Gasteiger partial charge on any atom is -0.315 e. The van der Waals surface area contributed by atoms with Crippen molar-refractivity contribution in [1.29, 1.82) is 0 Å². The number of nitrogens with one attached hydrogen (secondary N) is 1. The highest BCUT2D eigenvalue weighted by molar-refractivity contribution is 7.89. The van der Waals surface area contributed by atoms with Crippen molar-refractivity contribution in [3.05, 3.63) is 16.3 Å². The number of rotatable bonds is 5. The van der Waals surface area contributed by atoms with Gasteiger partial charge in [-0.25, -0.2) is 8.42 Å². The molecule has 1 unspecified atom stereocenters. The maximum atomic E-state index is 12.9. The maximum absolute atomic E-state index is 12.9. The summed E-state index contributed by atoms with van der Waals surface area (Å²) in [4.78, 5) is 1.40. The van der Waals surface area contributed by atoms with Crippen LogP contribution in [0.5, 0.6) is 0 Å². The first-order chi connectivity index (χ1) is 9.96. The first kappa shape index (κ1) is 16.9. The second-order valence-corrected chi connectivity index (χ2v) is 8.98. The molecule has 0 saturated carbocycles. The molecule has 0 amide bonds. The average Bonchev–Trinajstić information content (AvgIpc) is 2.74. The molecule has 1 N–H and O–H groups in total. The minimum atomic E-state index is -3.34. The Balaban J connectivity index is 2.17. The quantitative estimate of drug-likeness (QED) is 0.903. The van der Waals surface area contributed by atoms with E-state index in [0.29, 0.717) is 36.4 Å². The summed E-state index contributed by atoms with van der Waals surface area (Å²) in [5.74, 6) is 1.28. The molecular weight excluding hydrogens is 304 g/mol. The van der Waals surface area contributed by atoms with E-state index in [1.807, 2.05) is 12.4 Å². The lowest BCUT2D eigenvalue weighted by Crippen LogP contribution is -2.32. The highest BCUT2D eigenvalue weighted by Gasteiger charge is 2.30. The standard InChI is InChI=1S/C15H26N2O2S2/c1-12(2)13-5-4-8-17(9-6-13)21(18,19)15-7-10-20-14(15)11-16-3/h7,10,12-13,16H,4-6,8-9,11H2,1-3H3. The molecule has 1 atom stereocenters. The Bertz CT molecular complexity index is 552. The molecule has 1 aliphatic rings. The summed E-state index contributed by atoms with van der Waals surface area (Å²) in [6, 6.07) is 1.75. The molecule has 4 nitrogen and oxygen atoms in total. The molecule has 0 radical (unpaired) electrons. The van der Waals surface area contributed by atoms with E-state index in [9.17, 15) is 8.42 Å². The second kappa shape index (κ2) is 7.22. The Morgan fingerprint density at radius 2 is 2.14 bits per heavy atom. The van der Waals surface area contributed by atoms with E-state index in [4.69, 9.17) is 0 Å². The number of hydrogen-bond acceptors (Lipinski definition) is 4. The molecule has 6 heteroatoms. The van der Waals surface area contributed by atoms with Crippen LogP contribution in [0.3, 0.4) is 0 Å². The molecule has 2 rings (SSSR count). The molecule has 21 heavy (non-hydrogen) atoms. The largest absolute Gasteiger partial charge is 0.315 e. The average molecular weight is 331 g/mol. The second-order valence-electron chi connectivity index (χ2n) is 6.08. The summed E-state index contributed by atoms with van der Waals surface area (Å²) >= 11 is 1.51. The van der Waals surface area contributed by atoms with E-state index in [1.54, 1.807) is 10.4 Å². The molecule has 1 aromatic rings. The van der Waals surface area contributed by atoms with Crippen molar-refractivity contribution in [2.45, 2.75) is 44.6 Å². The third-order valence-corrected chi connectivity index (χ3v) is 7.37. The van der Waals surface area contributed by atoms with E-state index in [0.717, 1.165) is 24.1 Å². The van der Waals surface area contributed by atoms with E-state index in [1.165, 1.54) is 11.3 Å². The molecule has 120 valence electrons. The molecule has 1 fully saturated rings. The topological polar surface area (TPSA) is 49.4 Å². The fourth-order valence-electron chi connectivity index (χ4n) is 2.99. The van der Waals surface area contributed by atoms with Crippen molar-refractivity contribution >= 4 is 21.4 Å². The van der Waals surface area contributed by atoms with Gasteiger partial charge in [-0.15, -0.1) is 11.3 Å². The van der Waals surface area contributed by atoms with Crippen LogP contribution in [0, 0.1) is 11.8 Å². The molecular formula is C15H26N2O2S2. The van der Waals surface area contributed by atoms with Gasteiger partial charge in [0.1, 0.15) is 0 Å². The summed E-state index contributed by atoms with van der Waals surface area (Å²) in [5.41, 5.74) is 0. The van der Waals surface area contributed by atoms with Gasteiger partial charge < -0.3 is 5.32 Å². The zero-order valence-electron chi connectivity index (χ0n) is 13.1. The molecule has 0 bridgehead atoms. The van der Waals surface area contributed by atoms with Crippen LogP contribution in [0.2, 0.25) is 0 Å². The van der Waals surface area contributed by atoms with Gasteiger partial charge in [0.25, 0.3) is 0 Å². The number of thiophene rings is 1. The van der Waals surface area contributed by atoms with Gasteiger partial charge >= 0.3 is 0 Å². The minimum absolute atomic E-state index is 0.491. The maximum Gasteiger partial charge on any atom is 0.244 e. The number of hydrogen-bond donors (Lipinski definition) is 1. The summed E-state index contributed by atoms with van der Waals surface area (Å²) in [6.07, 6.45) is 3.08. The van der Waals surface area contributed by atoms with Crippen LogP contribution in [-0.4, -0.2) is 32.9 Å². The predicted octanol–water partition coefficient (Wildman–Crippen LogP) is 2.91. The lowest BCUT2D eigenvalue weighted by molar-refractivity contribution is 0.340. The van der Waals surface area contributed by atoms with Crippen LogP contribution in [0.4, 0.5) is 0 Å². The summed E-state index contributed by atoms with van der Waals surface area (Å²) in [6.45, 7) is 6.38. The van der Waals surface area contributed by atoms with Gasteiger partial charge in [0, 0.05) is 24.5 Å². The smallest absolute Gasteiger partial charge is 0.244 e. The fourth-order valence-corrected chi connectivity index (χ4v) is 5.91. The molecule has 2 heterocycles. The molecule has 0 aliphatic carbocycles. The predicted molar refractivity (Wildman–Crippen MR) is 88.0 cm³/mol. The Morgan fingerprint density at radius 3 is 2.81 bits per heavy atom. The van der Waals surface area contributed by atoms with Crippen molar-refractivity contribution < 1.29 is 8.42 Å². The van der Waals surface area contributed by atoms with Gasteiger partial charge in [0.2, 0.25) is 10.0 Å². The van der Waals surface area contributed by atoms with Crippen LogP contribution in [0.1, 0.15) is 38.0 Å². The van der Waals surface area contributed by atoms with E-state index in [2.05, 4.69) is 19.2 Å². The van der Waals surface area contributed by atoms with Crippen molar-refractivity contribution in [2.24, 2.45) is 11.8 Å². The molecule has 1 aliphatic heterocycles. The summed E-state index contributed by atoms with van der Waals surface area (Å²) in [7, 11) is -1.50. The highest BCUT2D eigenvalue weighted by atomic mass is 32.2. The molecule has 1 aromatic heterocycles. The monoisotopic (exact) mass is 330 g/mol. The van der Waals surface area contributed by atoms with Gasteiger partial charge in [-0.2, -0.15) is 4.31 Å². The lowest BCUT2D eigenvalue weighted by Gasteiger charge is -2.21. The third kappa shape index (κ3) is 3.86. The van der Waals surface area contributed by atoms with Crippen molar-refractivity contribution in [2.75, 3.05) is 20.1 Å². The fraction of sp³-hybridized carbons (Fsp3) is 0.733. The molecule has 0 spiro atoms. The molecule has 1 saturated heterocycles. The zero-order valence-corrected chi connectivity index (χ0v) is 14.8. The van der Waals surface area contributed by atoms with Gasteiger partial charge in [-0.05, 0) is 49.6 Å². The number of nitrogens with zero attached hydrogens (tertiary/aromatic N) is 1. The summed E-state index contributed by atoms with van der Waals surface area (Å²) < 4.78 is 27.4. The van der Waals surface area contributed by atoms with Crippen LogP contribution in [0.25, 0.3) is 0 Å². The van der Waals surface area contributed by atoms with Gasteiger partial charge in [0.15, 0.2) is 0 Å². The number of sulfonamides is 1. The first-order valence-corrected chi connectivity index (χ1v) is 10.00. The zero-order chi connectivity index (χ0) is 15.5. The lowest BCUT2D eigenvalue weighted by atomic mass is 9.89. The first-order valence-electron chi connectivity index (χ1n) is 7.68. The van der Waals surface area contributed by atoms with Gasteiger partial charge in [-0.1, -0.05) is 13.8 Å². The van der Waals surface area contributed by atoms with Crippen molar-refractivity contribution in [3.8, 4) is 0 Å².